The third-order valence-electron chi connectivity index (χ3n) is 2.72. The van der Waals surface area contributed by atoms with Crippen LogP contribution in [0.2, 0.25) is 0 Å². The minimum absolute atomic E-state index is 0.212. The zero-order chi connectivity index (χ0) is 12.7. The van der Waals surface area contributed by atoms with E-state index in [4.69, 9.17) is 0 Å². The van der Waals surface area contributed by atoms with Gasteiger partial charge >= 0.3 is 0 Å². The molecule has 0 aliphatic carbocycles. The molecule has 0 amide bonds. The summed E-state index contributed by atoms with van der Waals surface area (Å²) < 4.78 is 26.6. The number of aliphatic hydroxyl groups is 1. The molecular weight excluding hydrogens is 222 g/mol. The van der Waals surface area contributed by atoms with Crippen molar-refractivity contribution < 1.29 is 13.9 Å². The van der Waals surface area contributed by atoms with Gasteiger partial charge in [-0.25, -0.2) is 8.78 Å². The Bertz CT molecular complexity index is 343. The van der Waals surface area contributed by atoms with Crippen molar-refractivity contribution in [1.29, 1.82) is 0 Å². The van der Waals surface area contributed by atoms with Crippen LogP contribution in [-0.2, 0) is 0 Å². The maximum atomic E-state index is 13.3. The summed E-state index contributed by atoms with van der Waals surface area (Å²) in [5, 5.41) is 9.74. The van der Waals surface area contributed by atoms with Gasteiger partial charge in [-0.05, 0) is 31.4 Å². The summed E-state index contributed by atoms with van der Waals surface area (Å²) in [7, 11) is 0. The molecule has 1 N–H and O–H groups in total. The normalized spacial score (nSPS) is 12.4. The number of rotatable bonds is 7. The highest BCUT2D eigenvalue weighted by atomic mass is 19.1. The van der Waals surface area contributed by atoms with E-state index in [2.05, 4.69) is 6.58 Å². The third kappa shape index (κ3) is 4.27. The van der Waals surface area contributed by atoms with E-state index in [1.807, 2.05) is 6.08 Å². The number of benzene rings is 1. The Labute approximate surface area is 101 Å². The first-order chi connectivity index (χ1) is 8.16. The van der Waals surface area contributed by atoms with E-state index in [1.165, 1.54) is 18.2 Å². The molecule has 1 rings (SSSR count). The van der Waals surface area contributed by atoms with E-state index in [0.29, 0.717) is 6.42 Å². The summed E-state index contributed by atoms with van der Waals surface area (Å²) in [5.41, 5.74) is -0.212. The standard InChI is InChI=1S/C14H18F2O/c1-2-3-4-5-6-10-13(17)14-11(15)8-7-9-12(14)16/h2,7-9,13,17H,1,3-6,10H2. The SMILES string of the molecule is C=CCCCCCC(O)c1c(F)cccc1F. The molecular formula is C14H18F2O. The fraction of sp³-hybridized carbons (Fsp3) is 0.429. The van der Waals surface area contributed by atoms with E-state index >= 15 is 0 Å². The molecule has 94 valence electrons. The highest BCUT2D eigenvalue weighted by molar-refractivity contribution is 5.21. The first kappa shape index (κ1) is 13.8. The first-order valence-electron chi connectivity index (χ1n) is 5.89. The monoisotopic (exact) mass is 240 g/mol. The predicted molar refractivity (Wildman–Crippen MR) is 64.6 cm³/mol. The molecule has 1 aromatic rings. The number of halogens is 2. The molecule has 0 aromatic heterocycles. The van der Waals surface area contributed by atoms with Gasteiger partial charge in [0.05, 0.1) is 11.7 Å². The first-order valence-corrected chi connectivity index (χ1v) is 5.89. The van der Waals surface area contributed by atoms with Crippen LogP contribution < -0.4 is 0 Å². The molecule has 0 aliphatic rings. The summed E-state index contributed by atoms with van der Waals surface area (Å²) in [5.74, 6) is -1.35. The van der Waals surface area contributed by atoms with E-state index in [0.717, 1.165) is 25.7 Å². The molecule has 1 unspecified atom stereocenters. The summed E-state index contributed by atoms with van der Waals surface area (Å²) in [6.45, 7) is 3.62. The third-order valence-corrected chi connectivity index (χ3v) is 2.72. The van der Waals surface area contributed by atoms with Crippen molar-refractivity contribution in [1.82, 2.24) is 0 Å². The molecule has 3 heteroatoms. The minimum atomic E-state index is -1.06. The van der Waals surface area contributed by atoms with Crippen LogP contribution in [0.1, 0.15) is 43.8 Å². The van der Waals surface area contributed by atoms with Crippen LogP contribution >= 0.6 is 0 Å². The Hall–Kier alpha value is -1.22. The molecule has 0 saturated heterocycles. The maximum Gasteiger partial charge on any atom is 0.131 e. The Balaban J connectivity index is 2.46. The average Bonchev–Trinajstić information content (AvgIpc) is 2.28. The highest BCUT2D eigenvalue weighted by Crippen LogP contribution is 2.25. The van der Waals surface area contributed by atoms with Crippen molar-refractivity contribution in [3.8, 4) is 0 Å². The average molecular weight is 240 g/mol. The van der Waals surface area contributed by atoms with Gasteiger partial charge in [0.2, 0.25) is 0 Å². The van der Waals surface area contributed by atoms with Crippen molar-refractivity contribution in [3.63, 3.8) is 0 Å². The molecule has 0 aliphatic heterocycles. The van der Waals surface area contributed by atoms with Crippen LogP contribution in [0.15, 0.2) is 30.9 Å². The van der Waals surface area contributed by atoms with Gasteiger partial charge in [-0.1, -0.05) is 25.0 Å². The van der Waals surface area contributed by atoms with Crippen LogP contribution in [-0.4, -0.2) is 5.11 Å². The van der Waals surface area contributed by atoms with E-state index in [9.17, 15) is 13.9 Å². The summed E-state index contributed by atoms with van der Waals surface area (Å²) >= 11 is 0. The lowest BCUT2D eigenvalue weighted by Gasteiger charge is -2.12. The molecule has 0 saturated carbocycles. The fourth-order valence-corrected chi connectivity index (χ4v) is 1.78. The van der Waals surface area contributed by atoms with Gasteiger partial charge < -0.3 is 5.11 Å². The molecule has 1 aromatic carbocycles. The Kier molecular flexibility index (Phi) is 5.84. The van der Waals surface area contributed by atoms with Gasteiger partial charge in [-0.15, -0.1) is 6.58 Å². The molecule has 1 atom stereocenters. The number of aliphatic hydroxyl groups excluding tert-OH is 1. The van der Waals surface area contributed by atoms with Gasteiger partial charge in [0.1, 0.15) is 11.6 Å². The van der Waals surface area contributed by atoms with Gasteiger partial charge in [-0.2, -0.15) is 0 Å². The van der Waals surface area contributed by atoms with Crippen molar-refractivity contribution in [2.45, 2.75) is 38.2 Å². The van der Waals surface area contributed by atoms with Crippen molar-refractivity contribution >= 4 is 0 Å². The van der Waals surface area contributed by atoms with Crippen LogP contribution in [0.25, 0.3) is 0 Å². The van der Waals surface area contributed by atoms with Crippen molar-refractivity contribution in [3.05, 3.63) is 48.1 Å². The molecule has 0 heterocycles. The number of unbranched alkanes of at least 4 members (excludes halogenated alkanes) is 3. The van der Waals surface area contributed by atoms with Gasteiger partial charge in [0.15, 0.2) is 0 Å². The quantitative estimate of drug-likeness (QED) is 0.561. The van der Waals surface area contributed by atoms with Gasteiger partial charge in [-0.3, -0.25) is 0 Å². The van der Waals surface area contributed by atoms with Crippen molar-refractivity contribution in [2.24, 2.45) is 0 Å². The number of allylic oxidation sites excluding steroid dienone is 1. The minimum Gasteiger partial charge on any atom is -0.388 e. The topological polar surface area (TPSA) is 20.2 Å². The van der Waals surface area contributed by atoms with E-state index in [1.54, 1.807) is 0 Å². The molecule has 0 bridgehead atoms. The summed E-state index contributed by atoms with van der Waals surface area (Å²) in [4.78, 5) is 0. The second-order valence-electron chi connectivity index (χ2n) is 4.08. The molecule has 0 fully saturated rings. The number of hydrogen-bond acceptors (Lipinski definition) is 1. The molecule has 0 radical (unpaired) electrons. The van der Waals surface area contributed by atoms with Gasteiger partial charge in [0.25, 0.3) is 0 Å². The lowest BCUT2D eigenvalue weighted by Crippen LogP contribution is -2.04. The lowest BCUT2D eigenvalue weighted by atomic mass is 10.0. The zero-order valence-electron chi connectivity index (χ0n) is 9.83. The Morgan fingerprint density at radius 1 is 1.18 bits per heavy atom. The molecule has 0 spiro atoms. The van der Waals surface area contributed by atoms with E-state index < -0.39 is 17.7 Å². The smallest absolute Gasteiger partial charge is 0.131 e. The second-order valence-corrected chi connectivity index (χ2v) is 4.08. The largest absolute Gasteiger partial charge is 0.388 e. The number of hydrogen-bond donors (Lipinski definition) is 1. The maximum absolute atomic E-state index is 13.3. The van der Waals surface area contributed by atoms with Crippen LogP contribution in [0.3, 0.4) is 0 Å². The van der Waals surface area contributed by atoms with Gasteiger partial charge in [0, 0.05) is 0 Å². The van der Waals surface area contributed by atoms with Crippen LogP contribution in [0.4, 0.5) is 8.78 Å². The second kappa shape index (κ2) is 7.17. The fourth-order valence-electron chi connectivity index (χ4n) is 1.78. The predicted octanol–water partition coefficient (Wildman–Crippen LogP) is 4.13. The lowest BCUT2D eigenvalue weighted by molar-refractivity contribution is 0.154. The Morgan fingerprint density at radius 3 is 2.41 bits per heavy atom. The molecule has 17 heavy (non-hydrogen) atoms. The molecule has 1 nitrogen and oxygen atoms in total. The van der Waals surface area contributed by atoms with E-state index in [-0.39, 0.29) is 5.56 Å². The van der Waals surface area contributed by atoms with Crippen LogP contribution in [0, 0.1) is 11.6 Å². The highest BCUT2D eigenvalue weighted by Gasteiger charge is 2.16. The summed E-state index contributed by atoms with van der Waals surface area (Å²) in [6, 6.07) is 3.63. The zero-order valence-corrected chi connectivity index (χ0v) is 9.83. The van der Waals surface area contributed by atoms with Crippen LogP contribution in [0.5, 0.6) is 0 Å². The summed E-state index contributed by atoms with van der Waals surface area (Å²) in [6.07, 6.45) is 4.78. The Morgan fingerprint density at radius 2 is 1.82 bits per heavy atom. The van der Waals surface area contributed by atoms with Crippen molar-refractivity contribution in [2.75, 3.05) is 0 Å².